The second kappa shape index (κ2) is 7.32. The molecule has 2 N–H and O–H groups in total. The molecule has 1 aromatic carbocycles. The zero-order valence-corrected chi connectivity index (χ0v) is 12.4. The van der Waals surface area contributed by atoms with Crippen molar-refractivity contribution in [2.75, 3.05) is 18.5 Å². The lowest BCUT2D eigenvalue weighted by atomic mass is 10.1. The lowest BCUT2D eigenvalue weighted by Crippen LogP contribution is -2.12. The number of hydrogen-bond donors (Lipinski definition) is 2. The van der Waals surface area contributed by atoms with Crippen LogP contribution in [0.3, 0.4) is 0 Å². The van der Waals surface area contributed by atoms with Gasteiger partial charge >= 0.3 is 6.18 Å². The van der Waals surface area contributed by atoms with E-state index in [0.29, 0.717) is 12.3 Å². The Hall–Kier alpha value is -2.29. The molecule has 1 heterocycles. The van der Waals surface area contributed by atoms with E-state index in [1.807, 2.05) is 6.92 Å². The number of aromatic nitrogens is 2. The summed E-state index contributed by atoms with van der Waals surface area (Å²) in [5.41, 5.74) is -0.983. The fourth-order valence-electron chi connectivity index (χ4n) is 1.85. The van der Waals surface area contributed by atoms with Crippen LogP contribution in [0.4, 0.5) is 18.9 Å². The third-order valence-electron chi connectivity index (χ3n) is 2.91. The summed E-state index contributed by atoms with van der Waals surface area (Å²) in [5, 5.41) is 15.0. The molecule has 0 bridgehead atoms. The van der Waals surface area contributed by atoms with Crippen LogP contribution in [0, 0.1) is 0 Å². The van der Waals surface area contributed by atoms with Crippen LogP contribution in [0.15, 0.2) is 22.7 Å². The van der Waals surface area contributed by atoms with Crippen molar-refractivity contribution in [1.82, 2.24) is 10.1 Å². The molecule has 0 radical (unpaired) electrons. The monoisotopic (exact) mass is 331 g/mol. The van der Waals surface area contributed by atoms with E-state index >= 15 is 0 Å². The number of rotatable bonds is 7. The van der Waals surface area contributed by atoms with Crippen LogP contribution in [-0.4, -0.2) is 28.5 Å². The normalized spacial score (nSPS) is 11.5. The van der Waals surface area contributed by atoms with Crippen molar-refractivity contribution in [2.24, 2.45) is 0 Å². The molecular weight excluding hydrogens is 315 g/mol. The van der Waals surface area contributed by atoms with E-state index in [1.165, 1.54) is 12.1 Å². The fourth-order valence-corrected chi connectivity index (χ4v) is 1.85. The summed E-state index contributed by atoms with van der Waals surface area (Å²) >= 11 is 0. The first-order chi connectivity index (χ1) is 10.9. The van der Waals surface area contributed by atoms with Gasteiger partial charge in [0, 0.05) is 12.1 Å². The molecule has 0 aliphatic rings. The summed E-state index contributed by atoms with van der Waals surface area (Å²) in [7, 11) is 0. The molecule has 0 amide bonds. The smallest absolute Gasteiger partial charge is 0.418 e. The van der Waals surface area contributed by atoms with E-state index in [0.717, 1.165) is 6.07 Å². The van der Waals surface area contributed by atoms with Crippen molar-refractivity contribution in [1.29, 1.82) is 0 Å². The predicted molar refractivity (Wildman–Crippen MR) is 75.0 cm³/mol. The van der Waals surface area contributed by atoms with E-state index < -0.39 is 11.7 Å². The van der Waals surface area contributed by atoms with Crippen LogP contribution in [0.1, 0.15) is 24.2 Å². The number of hydrogen-bond acceptors (Lipinski definition) is 6. The van der Waals surface area contributed by atoms with Gasteiger partial charge in [-0.2, -0.15) is 18.2 Å². The van der Waals surface area contributed by atoms with Gasteiger partial charge in [-0.15, -0.1) is 0 Å². The molecule has 0 spiro atoms. The quantitative estimate of drug-likeness (QED) is 0.812. The van der Waals surface area contributed by atoms with Gasteiger partial charge in [0.05, 0.1) is 18.7 Å². The number of anilines is 1. The van der Waals surface area contributed by atoms with E-state index in [-0.39, 0.29) is 37.0 Å². The molecule has 0 aliphatic heterocycles. The average molecular weight is 331 g/mol. The maximum Gasteiger partial charge on any atom is 0.418 e. The average Bonchev–Trinajstić information content (AvgIpc) is 2.98. The highest BCUT2D eigenvalue weighted by molar-refractivity contribution is 5.55. The summed E-state index contributed by atoms with van der Waals surface area (Å²) in [5.74, 6) is 0.728. The topological polar surface area (TPSA) is 80.4 Å². The molecule has 23 heavy (non-hydrogen) atoms. The standard InChI is InChI=1S/C14H16F3N3O3/c1-2-13-19-12(20-23-13)8-18-11-4-3-9(22-6-5-21)7-10(11)14(15,16)17/h3-4,7,18,21H,2,5-6,8H2,1H3. The van der Waals surface area contributed by atoms with Crippen molar-refractivity contribution in [3.63, 3.8) is 0 Å². The van der Waals surface area contributed by atoms with Crippen LogP contribution < -0.4 is 10.1 Å². The summed E-state index contributed by atoms with van der Waals surface area (Å²) in [4.78, 5) is 4.02. The largest absolute Gasteiger partial charge is 0.491 e. The van der Waals surface area contributed by atoms with Crippen LogP contribution in [0.5, 0.6) is 5.75 Å². The van der Waals surface area contributed by atoms with Gasteiger partial charge in [-0.05, 0) is 18.2 Å². The molecule has 0 aliphatic carbocycles. The minimum Gasteiger partial charge on any atom is -0.491 e. The zero-order valence-electron chi connectivity index (χ0n) is 12.4. The number of nitrogens with one attached hydrogen (secondary N) is 1. The lowest BCUT2D eigenvalue weighted by Gasteiger charge is -2.15. The van der Waals surface area contributed by atoms with Crippen LogP contribution >= 0.6 is 0 Å². The Balaban J connectivity index is 2.16. The Morgan fingerprint density at radius 3 is 2.74 bits per heavy atom. The summed E-state index contributed by atoms with van der Waals surface area (Å²) in [6.45, 7) is 1.48. The number of nitrogens with zero attached hydrogens (tertiary/aromatic N) is 2. The second-order valence-electron chi connectivity index (χ2n) is 4.59. The van der Waals surface area contributed by atoms with Crippen LogP contribution in [-0.2, 0) is 19.1 Å². The number of aliphatic hydroxyl groups is 1. The molecule has 1 aromatic heterocycles. The maximum atomic E-state index is 13.1. The number of aryl methyl sites for hydroxylation is 1. The van der Waals surface area contributed by atoms with Gasteiger partial charge in [-0.1, -0.05) is 12.1 Å². The number of alkyl halides is 3. The highest BCUT2D eigenvalue weighted by Crippen LogP contribution is 2.37. The Bertz CT molecular complexity index is 644. The first-order valence-electron chi connectivity index (χ1n) is 6.94. The Morgan fingerprint density at radius 2 is 2.13 bits per heavy atom. The zero-order chi connectivity index (χ0) is 16.9. The molecular formula is C14H16F3N3O3. The predicted octanol–water partition coefficient (Wildman–Crippen LogP) is 2.63. The Kier molecular flexibility index (Phi) is 5.43. The number of halogens is 3. The van der Waals surface area contributed by atoms with Crippen LogP contribution in [0.2, 0.25) is 0 Å². The molecule has 0 saturated heterocycles. The minimum absolute atomic E-state index is 0.00340. The third kappa shape index (κ3) is 4.59. The van der Waals surface area contributed by atoms with Crippen molar-refractivity contribution < 1.29 is 27.5 Å². The van der Waals surface area contributed by atoms with Crippen molar-refractivity contribution in [2.45, 2.75) is 26.1 Å². The van der Waals surface area contributed by atoms with Crippen molar-refractivity contribution >= 4 is 5.69 Å². The molecule has 0 saturated carbocycles. The van der Waals surface area contributed by atoms with Gasteiger partial charge in [-0.3, -0.25) is 0 Å². The molecule has 0 fully saturated rings. The minimum atomic E-state index is -4.55. The highest BCUT2D eigenvalue weighted by atomic mass is 19.4. The van der Waals surface area contributed by atoms with E-state index in [2.05, 4.69) is 15.5 Å². The molecule has 126 valence electrons. The van der Waals surface area contributed by atoms with Gasteiger partial charge in [0.2, 0.25) is 5.89 Å². The first kappa shape index (κ1) is 17.1. The first-order valence-corrected chi connectivity index (χ1v) is 6.94. The Labute approximate surface area is 130 Å². The van der Waals surface area contributed by atoms with Gasteiger partial charge in [-0.25, -0.2) is 0 Å². The van der Waals surface area contributed by atoms with Crippen molar-refractivity contribution in [3.8, 4) is 5.75 Å². The van der Waals surface area contributed by atoms with E-state index in [4.69, 9.17) is 14.4 Å². The Morgan fingerprint density at radius 1 is 1.35 bits per heavy atom. The molecule has 6 nitrogen and oxygen atoms in total. The summed E-state index contributed by atoms with van der Waals surface area (Å²) < 4.78 is 49.3. The van der Waals surface area contributed by atoms with E-state index in [9.17, 15) is 13.2 Å². The summed E-state index contributed by atoms with van der Waals surface area (Å²) in [6.07, 6.45) is -4.00. The number of aliphatic hydroxyl groups excluding tert-OH is 1. The SMILES string of the molecule is CCc1nc(CNc2ccc(OCCO)cc2C(F)(F)F)no1. The number of benzene rings is 1. The highest BCUT2D eigenvalue weighted by Gasteiger charge is 2.34. The third-order valence-corrected chi connectivity index (χ3v) is 2.91. The van der Waals surface area contributed by atoms with Gasteiger partial charge in [0.1, 0.15) is 12.4 Å². The molecule has 9 heteroatoms. The molecule has 2 rings (SSSR count). The fraction of sp³-hybridized carbons (Fsp3) is 0.429. The van der Waals surface area contributed by atoms with E-state index in [1.54, 1.807) is 0 Å². The lowest BCUT2D eigenvalue weighted by molar-refractivity contribution is -0.137. The maximum absolute atomic E-state index is 13.1. The van der Waals surface area contributed by atoms with Crippen molar-refractivity contribution in [3.05, 3.63) is 35.5 Å². The van der Waals surface area contributed by atoms with Gasteiger partial charge < -0.3 is 19.7 Å². The summed E-state index contributed by atoms with van der Waals surface area (Å²) in [6, 6.07) is 3.53. The van der Waals surface area contributed by atoms with Crippen LogP contribution in [0.25, 0.3) is 0 Å². The number of ether oxygens (including phenoxy) is 1. The van der Waals surface area contributed by atoms with Gasteiger partial charge in [0.15, 0.2) is 5.82 Å². The molecule has 0 atom stereocenters. The molecule has 2 aromatic rings. The second-order valence-corrected chi connectivity index (χ2v) is 4.59. The molecule has 0 unspecified atom stereocenters. The van der Waals surface area contributed by atoms with Gasteiger partial charge in [0.25, 0.3) is 0 Å².